The maximum atomic E-state index is 13.1. The third-order valence-corrected chi connectivity index (χ3v) is 5.67. The Bertz CT molecular complexity index is 1320. The van der Waals surface area contributed by atoms with Crippen LogP contribution in [0, 0.1) is 0 Å². The fraction of sp³-hybridized carbons (Fsp3) is 0.0870. The molecule has 0 aliphatic heterocycles. The van der Waals surface area contributed by atoms with Gasteiger partial charge in [-0.25, -0.2) is 0 Å². The summed E-state index contributed by atoms with van der Waals surface area (Å²) >= 11 is 1.23. The molecular weight excluding hydrogens is 398 g/mol. The maximum absolute atomic E-state index is 13.1. The molecule has 0 amide bonds. The molecule has 5 aromatic rings. The number of ether oxygens (including phenoxy) is 1. The normalized spacial score (nSPS) is 11.2. The Hall–Kier alpha value is -3.58. The molecule has 0 fully saturated rings. The molecule has 0 bridgehead atoms. The van der Waals surface area contributed by atoms with E-state index in [2.05, 4.69) is 10.2 Å². The quantitative estimate of drug-likeness (QED) is 0.364. The highest BCUT2D eigenvalue weighted by Crippen LogP contribution is 2.30. The monoisotopic (exact) mass is 415 g/mol. The van der Waals surface area contributed by atoms with Crippen molar-refractivity contribution in [3.05, 3.63) is 72.8 Å². The smallest absolute Gasteiger partial charge is 0.277 e. The van der Waals surface area contributed by atoms with Crippen LogP contribution in [0.2, 0.25) is 0 Å². The van der Waals surface area contributed by atoms with E-state index in [4.69, 9.17) is 9.15 Å². The van der Waals surface area contributed by atoms with E-state index in [1.165, 1.54) is 11.8 Å². The number of rotatable bonds is 5. The van der Waals surface area contributed by atoms with Crippen molar-refractivity contribution in [3.8, 4) is 17.2 Å². The van der Waals surface area contributed by atoms with Gasteiger partial charge < -0.3 is 9.15 Å². The summed E-state index contributed by atoms with van der Waals surface area (Å²) in [5.41, 5.74) is 2.56. The fourth-order valence-corrected chi connectivity index (χ4v) is 4.13. The summed E-state index contributed by atoms with van der Waals surface area (Å²) in [5, 5.41) is 10.6. The number of methoxy groups -OCH3 is 1. The lowest BCUT2D eigenvalue weighted by Gasteiger charge is -2.04. The van der Waals surface area contributed by atoms with E-state index in [0.29, 0.717) is 16.9 Å². The number of hydrogen-bond acceptors (Lipinski definition) is 6. The van der Waals surface area contributed by atoms with Gasteiger partial charge in [-0.1, -0.05) is 54.2 Å². The largest absolute Gasteiger partial charge is 0.497 e. The van der Waals surface area contributed by atoms with Gasteiger partial charge in [0.15, 0.2) is 0 Å². The molecule has 2 aromatic heterocycles. The van der Waals surface area contributed by atoms with E-state index in [1.54, 1.807) is 11.7 Å². The Morgan fingerprint density at radius 1 is 0.967 bits per heavy atom. The van der Waals surface area contributed by atoms with Crippen molar-refractivity contribution in [2.75, 3.05) is 12.9 Å². The number of carbonyl (C=O) groups is 1. The first-order valence-electron chi connectivity index (χ1n) is 9.37. The first kappa shape index (κ1) is 18.4. The number of aromatic nitrogens is 3. The van der Waals surface area contributed by atoms with Gasteiger partial charge in [0.25, 0.3) is 5.22 Å². The SMILES string of the molecule is COc1cccc(-c2nnc(SCC(=O)n3c4ccccc4c4ccccc43)o2)c1. The Balaban J connectivity index is 1.40. The van der Waals surface area contributed by atoms with Gasteiger partial charge in [-0.2, -0.15) is 0 Å². The molecule has 0 saturated heterocycles. The van der Waals surface area contributed by atoms with Crippen LogP contribution < -0.4 is 4.74 Å². The van der Waals surface area contributed by atoms with Crippen molar-refractivity contribution in [1.82, 2.24) is 14.8 Å². The van der Waals surface area contributed by atoms with Gasteiger partial charge in [0, 0.05) is 16.3 Å². The molecule has 7 heteroatoms. The summed E-state index contributed by atoms with van der Waals surface area (Å²) in [6, 6.07) is 23.2. The lowest BCUT2D eigenvalue weighted by molar-refractivity contribution is 0.0951. The highest BCUT2D eigenvalue weighted by Gasteiger charge is 2.17. The molecule has 30 heavy (non-hydrogen) atoms. The van der Waals surface area contributed by atoms with Gasteiger partial charge in [-0.05, 0) is 30.3 Å². The second kappa shape index (κ2) is 7.68. The molecule has 0 spiro atoms. The van der Waals surface area contributed by atoms with E-state index in [1.807, 2.05) is 72.8 Å². The first-order valence-corrected chi connectivity index (χ1v) is 10.4. The molecule has 0 aliphatic rings. The maximum Gasteiger partial charge on any atom is 0.277 e. The average molecular weight is 415 g/mol. The van der Waals surface area contributed by atoms with E-state index < -0.39 is 0 Å². The average Bonchev–Trinajstić information content (AvgIpc) is 3.40. The highest BCUT2D eigenvalue weighted by molar-refractivity contribution is 7.99. The molecule has 148 valence electrons. The molecule has 6 nitrogen and oxygen atoms in total. The summed E-state index contributed by atoms with van der Waals surface area (Å²) < 4.78 is 12.7. The molecule has 0 N–H and O–H groups in total. The zero-order valence-electron chi connectivity index (χ0n) is 16.1. The summed E-state index contributed by atoms with van der Waals surface area (Å²) in [7, 11) is 1.61. The minimum Gasteiger partial charge on any atom is -0.497 e. The van der Waals surface area contributed by atoms with Crippen molar-refractivity contribution in [2.45, 2.75) is 5.22 Å². The van der Waals surface area contributed by atoms with Gasteiger partial charge in [0.2, 0.25) is 11.8 Å². The minimum absolute atomic E-state index is 0.0430. The third-order valence-electron chi connectivity index (χ3n) is 4.87. The van der Waals surface area contributed by atoms with E-state index in [0.717, 1.165) is 27.4 Å². The Kier molecular flexibility index (Phi) is 4.72. The lowest BCUT2D eigenvalue weighted by Crippen LogP contribution is -2.12. The van der Waals surface area contributed by atoms with Crippen LogP contribution in [-0.2, 0) is 0 Å². The van der Waals surface area contributed by atoms with E-state index in [-0.39, 0.29) is 11.7 Å². The number of benzene rings is 3. The van der Waals surface area contributed by atoms with Crippen LogP contribution in [0.3, 0.4) is 0 Å². The molecule has 0 aliphatic carbocycles. The minimum atomic E-state index is -0.0430. The van der Waals surface area contributed by atoms with Crippen LogP contribution >= 0.6 is 11.8 Å². The van der Waals surface area contributed by atoms with Crippen LogP contribution in [0.1, 0.15) is 4.79 Å². The number of hydrogen-bond donors (Lipinski definition) is 0. The van der Waals surface area contributed by atoms with Crippen molar-refractivity contribution in [2.24, 2.45) is 0 Å². The van der Waals surface area contributed by atoms with E-state index >= 15 is 0 Å². The molecule has 3 aromatic carbocycles. The zero-order chi connectivity index (χ0) is 20.5. The van der Waals surface area contributed by atoms with Crippen molar-refractivity contribution in [1.29, 1.82) is 0 Å². The standard InChI is InChI=1S/C23H17N3O3S/c1-28-16-8-6-7-15(13-16)22-24-25-23(29-22)30-14-21(27)26-19-11-4-2-9-17(19)18-10-3-5-12-20(18)26/h2-13H,14H2,1H3. The number of para-hydroxylation sites is 2. The highest BCUT2D eigenvalue weighted by atomic mass is 32.2. The number of nitrogens with zero attached hydrogens (tertiary/aromatic N) is 3. The van der Waals surface area contributed by atoms with Crippen LogP contribution in [0.15, 0.2) is 82.4 Å². The van der Waals surface area contributed by atoms with Crippen LogP contribution in [0.4, 0.5) is 0 Å². The topological polar surface area (TPSA) is 70.2 Å². The van der Waals surface area contributed by atoms with Crippen LogP contribution in [-0.4, -0.2) is 33.5 Å². The Morgan fingerprint density at radius 3 is 2.37 bits per heavy atom. The number of fused-ring (bicyclic) bond motifs is 3. The van der Waals surface area contributed by atoms with Gasteiger partial charge in [-0.15, -0.1) is 10.2 Å². The third kappa shape index (κ3) is 3.23. The van der Waals surface area contributed by atoms with Gasteiger partial charge in [-0.3, -0.25) is 9.36 Å². The number of thioether (sulfide) groups is 1. The van der Waals surface area contributed by atoms with Crippen LogP contribution in [0.5, 0.6) is 5.75 Å². The summed E-state index contributed by atoms with van der Waals surface area (Å²) in [4.78, 5) is 13.1. The zero-order valence-corrected chi connectivity index (χ0v) is 16.9. The second-order valence-electron chi connectivity index (χ2n) is 6.66. The molecular formula is C23H17N3O3S. The fourth-order valence-electron chi connectivity index (χ4n) is 3.52. The Labute approximate surface area is 176 Å². The number of carbonyl (C=O) groups excluding carboxylic acids is 1. The van der Waals surface area contributed by atoms with Crippen molar-refractivity contribution < 1.29 is 13.9 Å². The van der Waals surface area contributed by atoms with Crippen LogP contribution in [0.25, 0.3) is 33.3 Å². The molecule has 0 unspecified atom stereocenters. The predicted octanol–water partition coefficient (Wildman–Crippen LogP) is 5.29. The molecule has 5 rings (SSSR count). The molecule has 0 saturated carbocycles. The van der Waals surface area contributed by atoms with E-state index in [9.17, 15) is 4.79 Å². The van der Waals surface area contributed by atoms with Crippen molar-refractivity contribution >= 4 is 39.5 Å². The molecule has 2 heterocycles. The van der Waals surface area contributed by atoms with Gasteiger partial charge in [0.1, 0.15) is 5.75 Å². The summed E-state index contributed by atoms with van der Waals surface area (Å²) in [6.45, 7) is 0. The first-order chi connectivity index (χ1) is 14.7. The van der Waals surface area contributed by atoms with Gasteiger partial charge >= 0.3 is 0 Å². The predicted molar refractivity (Wildman–Crippen MR) is 117 cm³/mol. The molecule has 0 radical (unpaired) electrons. The second-order valence-corrected chi connectivity index (χ2v) is 7.58. The van der Waals surface area contributed by atoms with Gasteiger partial charge in [0.05, 0.1) is 23.9 Å². The molecule has 0 atom stereocenters. The lowest BCUT2D eigenvalue weighted by atomic mass is 10.2. The Morgan fingerprint density at radius 2 is 1.67 bits per heavy atom. The summed E-state index contributed by atoms with van der Waals surface area (Å²) in [6.07, 6.45) is 0. The van der Waals surface area contributed by atoms with Crippen molar-refractivity contribution in [3.63, 3.8) is 0 Å². The summed E-state index contributed by atoms with van der Waals surface area (Å²) in [5.74, 6) is 1.24.